The van der Waals surface area contributed by atoms with Gasteiger partial charge in [0.25, 0.3) is 0 Å². The first-order chi connectivity index (χ1) is 18.3. The number of primary amides is 1. The number of aliphatic hydroxyl groups is 2. The van der Waals surface area contributed by atoms with Crippen molar-refractivity contribution in [2.24, 2.45) is 11.1 Å². The molecule has 0 radical (unpaired) electrons. The highest BCUT2D eigenvalue weighted by Gasteiger charge is 2.58. The van der Waals surface area contributed by atoms with Gasteiger partial charge in [-0.3, -0.25) is 9.59 Å². The molecule has 2 amide bonds. The quantitative estimate of drug-likeness (QED) is 0.408. The van der Waals surface area contributed by atoms with E-state index in [-0.39, 0.29) is 5.91 Å². The number of carbonyl (C=O) groups excluding carboxylic acids is 2. The maximum atomic E-state index is 14.9. The highest BCUT2D eigenvalue weighted by Crippen LogP contribution is 2.47. The molecule has 2 aromatic rings. The van der Waals surface area contributed by atoms with E-state index in [2.05, 4.69) is 0 Å². The summed E-state index contributed by atoms with van der Waals surface area (Å²) in [5, 5.41) is 23.9. The Kier molecular flexibility index (Phi) is 7.65. The monoisotopic (exact) mass is 518 g/mol. The summed E-state index contributed by atoms with van der Waals surface area (Å²) in [5.74, 6) is -0.877. The summed E-state index contributed by atoms with van der Waals surface area (Å²) in [7, 11) is 0. The Morgan fingerprint density at radius 2 is 1.11 bits per heavy atom. The van der Waals surface area contributed by atoms with Gasteiger partial charge in [-0.25, -0.2) is 0 Å². The van der Waals surface area contributed by atoms with Crippen LogP contribution < -0.4 is 5.73 Å². The minimum absolute atomic E-state index is 0.299. The second-order valence-corrected chi connectivity index (χ2v) is 12.0. The van der Waals surface area contributed by atoms with Crippen molar-refractivity contribution in [1.29, 1.82) is 0 Å². The third-order valence-electron chi connectivity index (χ3n) is 9.72. The lowest BCUT2D eigenvalue weighted by atomic mass is 9.66. The van der Waals surface area contributed by atoms with E-state index in [9.17, 15) is 19.8 Å². The van der Waals surface area contributed by atoms with E-state index in [0.717, 1.165) is 43.2 Å². The van der Waals surface area contributed by atoms with Crippen molar-refractivity contribution < 1.29 is 19.8 Å². The summed E-state index contributed by atoms with van der Waals surface area (Å²) in [4.78, 5) is 29.8. The van der Waals surface area contributed by atoms with Gasteiger partial charge in [0, 0.05) is 0 Å². The van der Waals surface area contributed by atoms with Crippen molar-refractivity contribution in [3.8, 4) is 0 Å². The van der Waals surface area contributed by atoms with Crippen LogP contribution in [0.15, 0.2) is 60.7 Å². The first kappa shape index (κ1) is 26.9. The van der Waals surface area contributed by atoms with E-state index < -0.39 is 34.6 Å². The zero-order valence-corrected chi connectivity index (χ0v) is 22.4. The predicted molar refractivity (Wildman–Crippen MR) is 147 cm³/mol. The summed E-state index contributed by atoms with van der Waals surface area (Å²) in [5.41, 5.74) is 4.63. The molecule has 3 aliphatic rings. The molecule has 2 unspecified atom stereocenters. The third kappa shape index (κ3) is 5.01. The maximum absolute atomic E-state index is 14.9. The fourth-order valence-electron chi connectivity index (χ4n) is 6.98. The van der Waals surface area contributed by atoms with E-state index in [0.29, 0.717) is 51.4 Å². The molecule has 0 saturated heterocycles. The second kappa shape index (κ2) is 10.8. The lowest BCUT2D eigenvalue weighted by Gasteiger charge is -2.57. The van der Waals surface area contributed by atoms with Crippen molar-refractivity contribution >= 4 is 11.8 Å². The van der Waals surface area contributed by atoms with Gasteiger partial charge in [0.1, 0.15) is 5.41 Å². The van der Waals surface area contributed by atoms with Crippen LogP contribution in [0.3, 0.4) is 0 Å². The first-order valence-corrected chi connectivity index (χ1v) is 14.4. The molecular formula is C32H42N2O4. The number of benzene rings is 2. The minimum atomic E-state index is -1.30. The normalized spacial score (nSPS) is 22.8. The summed E-state index contributed by atoms with van der Waals surface area (Å²) < 4.78 is 0. The van der Waals surface area contributed by atoms with Gasteiger partial charge in [-0.05, 0) is 75.3 Å². The highest BCUT2D eigenvalue weighted by atomic mass is 16.3. The molecule has 0 spiro atoms. The molecule has 3 fully saturated rings. The van der Waals surface area contributed by atoms with Gasteiger partial charge >= 0.3 is 0 Å². The maximum Gasteiger partial charge on any atom is 0.238 e. The predicted octanol–water partition coefficient (Wildman–Crippen LogP) is 4.30. The van der Waals surface area contributed by atoms with Crippen LogP contribution in [0.4, 0.5) is 0 Å². The second-order valence-electron chi connectivity index (χ2n) is 12.0. The van der Waals surface area contributed by atoms with Crippen LogP contribution in [0.5, 0.6) is 0 Å². The Hall–Kier alpha value is -2.70. The van der Waals surface area contributed by atoms with Crippen LogP contribution in [0.2, 0.25) is 0 Å². The van der Waals surface area contributed by atoms with Crippen molar-refractivity contribution in [3.63, 3.8) is 0 Å². The van der Waals surface area contributed by atoms with Gasteiger partial charge in [0.05, 0.1) is 23.3 Å². The topological polar surface area (TPSA) is 104 Å². The molecule has 0 aliphatic heterocycles. The van der Waals surface area contributed by atoms with Gasteiger partial charge in [0.15, 0.2) is 0 Å². The number of nitrogens with two attached hydrogens (primary N) is 1. The average Bonchev–Trinajstić information content (AvgIpc) is 2.90. The molecule has 204 valence electrons. The Bertz CT molecular complexity index is 1040. The van der Waals surface area contributed by atoms with Crippen LogP contribution in [0.25, 0.3) is 0 Å². The average molecular weight is 519 g/mol. The number of amides is 2. The molecule has 3 aliphatic carbocycles. The summed E-state index contributed by atoms with van der Waals surface area (Å²) >= 11 is 0. The molecule has 0 heterocycles. The van der Waals surface area contributed by atoms with E-state index in [1.165, 1.54) is 0 Å². The third-order valence-corrected chi connectivity index (χ3v) is 9.72. The lowest BCUT2D eigenvalue weighted by molar-refractivity contribution is -0.187. The van der Waals surface area contributed by atoms with Gasteiger partial charge in [-0.15, -0.1) is 0 Å². The summed E-state index contributed by atoms with van der Waals surface area (Å²) in [6.45, 7) is 0. The van der Waals surface area contributed by atoms with Crippen molar-refractivity contribution in [3.05, 3.63) is 71.8 Å². The number of rotatable bonds is 10. The molecule has 38 heavy (non-hydrogen) atoms. The highest BCUT2D eigenvalue weighted by molar-refractivity contribution is 6.04. The molecule has 2 aromatic carbocycles. The Balaban J connectivity index is 1.65. The molecule has 3 saturated carbocycles. The van der Waals surface area contributed by atoms with Gasteiger partial charge < -0.3 is 20.8 Å². The van der Waals surface area contributed by atoms with Crippen LogP contribution in [-0.4, -0.2) is 50.2 Å². The van der Waals surface area contributed by atoms with Crippen molar-refractivity contribution in [1.82, 2.24) is 4.90 Å². The SMILES string of the molecule is NC(=O)C1(C(=O)N(C(Cc2ccccc2)C2(O)CCC2)C(Cc2ccccc2)C2(O)CCC2)CCCCC1. The van der Waals surface area contributed by atoms with Crippen LogP contribution in [0, 0.1) is 5.41 Å². The zero-order valence-electron chi connectivity index (χ0n) is 22.4. The van der Waals surface area contributed by atoms with Gasteiger partial charge in [0.2, 0.25) is 11.8 Å². The van der Waals surface area contributed by atoms with E-state index in [1.807, 2.05) is 60.7 Å². The van der Waals surface area contributed by atoms with Crippen LogP contribution in [-0.2, 0) is 22.4 Å². The molecule has 2 atom stereocenters. The summed E-state index contributed by atoms with van der Waals surface area (Å²) in [6, 6.07) is 18.7. The van der Waals surface area contributed by atoms with E-state index >= 15 is 0 Å². The fourth-order valence-corrected chi connectivity index (χ4v) is 6.98. The largest absolute Gasteiger partial charge is 0.388 e. The molecule has 6 nitrogen and oxygen atoms in total. The number of hydrogen-bond donors (Lipinski definition) is 3. The van der Waals surface area contributed by atoms with E-state index in [1.54, 1.807) is 4.90 Å². The fraction of sp³-hybridized carbons (Fsp3) is 0.562. The molecule has 5 rings (SSSR count). The van der Waals surface area contributed by atoms with Gasteiger partial charge in [-0.1, -0.05) is 79.9 Å². The Morgan fingerprint density at radius 3 is 1.45 bits per heavy atom. The molecule has 0 aromatic heterocycles. The number of carbonyl (C=O) groups is 2. The van der Waals surface area contributed by atoms with Crippen LogP contribution >= 0.6 is 0 Å². The Labute approximate surface area is 226 Å². The lowest BCUT2D eigenvalue weighted by Crippen LogP contribution is -2.70. The molecule has 0 bridgehead atoms. The standard InChI is InChI=1S/C32H42N2O4/c33-28(35)30(16-8-3-9-17-30)29(36)34(26(31(37)18-10-19-31)22-24-12-4-1-5-13-24)27(32(38)20-11-21-32)23-25-14-6-2-7-15-25/h1-2,4-7,12-15,26-27,37-38H,3,8-11,16-23H2,(H2,33,35). The minimum Gasteiger partial charge on any atom is -0.388 e. The smallest absolute Gasteiger partial charge is 0.238 e. The molecule has 6 heteroatoms. The Morgan fingerprint density at radius 1 is 0.684 bits per heavy atom. The van der Waals surface area contributed by atoms with E-state index in [4.69, 9.17) is 5.73 Å². The molecule has 4 N–H and O–H groups in total. The van der Waals surface area contributed by atoms with Crippen molar-refractivity contribution in [2.75, 3.05) is 0 Å². The first-order valence-electron chi connectivity index (χ1n) is 14.4. The summed E-state index contributed by atoms with van der Waals surface area (Å²) in [6.07, 6.45) is 8.40. The van der Waals surface area contributed by atoms with Crippen molar-refractivity contribution in [2.45, 2.75) is 107 Å². The van der Waals surface area contributed by atoms with Gasteiger partial charge in [-0.2, -0.15) is 0 Å². The zero-order chi connectivity index (χ0) is 26.8. The number of nitrogens with zero attached hydrogens (tertiary/aromatic N) is 1. The van der Waals surface area contributed by atoms with Crippen LogP contribution in [0.1, 0.15) is 81.8 Å². The molecular weight excluding hydrogens is 476 g/mol. The number of hydrogen-bond acceptors (Lipinski definition) is 4.